The monoisotopic (exact) mass is 267 g/mol. The highest BCUT2D eigenvalue weighted by Crippen LogP contribution is 2.47. The van der Waals surface area contributed by atoms with Crippen molar-refractivity contribution in [3.8, 4) is 0 Å². The molecule has 102 valence electrons. The van der Waals surface area contributed by atoms with Crippen LogP contribution in [0.4, 0.5) is 8.78 Å². The van der Waals surface area contributed by atoms with Gasteiger partial charge in [-0.15, -0.1) is 0 Å². The van der Waals surface area contributed by atoms with Gasteiger partial charge in [0.15, 0.2) is 5.65 Å². The van der Waals surface area contributed by atoms with Crippen molar-refractivity contribution in [2.75, 3.05) is 0 Å². The average Bonchev–Trinajstić information content (AvgIpc) is 2.70. The van der Waals surface area contributed by atoms with Gasteiger partial charge in [-0.1, -0.05) is 13.3 Å². The van der Waals surface area contributed by atoms with E-state index in [1.807, 2.05) is 13.0 Å². The first kappa shape index (κ1) is 12.3. The summed E-state index contributed by atoms with van der Waals surface area (Å²) >= 11 is 0. The van der Waals surface area contributed by atoms with Crippen LogP contribution in [0.3, 0.4) is 0 Å². The maximum absolute atomic E-state index is 12.9. The number of nitrogens with one attached hydrogen (secondary N) is 1. The van der Waals surface area contributed by atoms with Crippen LogP contribution in [0.15, 0.2) is 16.9 Å². The number of hydrogen-bond acceptors (Lipinski definition) is 2. The standard InChI is InChI=1S/C13H15F2N3O/c1-2-3-8-4-10-16-12(9-6-13(14,15)7-9)17-18(10)11(19)5-8/h4-5,9H,2-3,6-7H2,1H3,(H,16,17). The second-order valence-electron chi connectivity index (χ2n) is 5.22. The van der Waals surface area contributed by atoms with Crippen molar-refractivity contribution in [1.82, 2.24) is 14.6 Å². The SMILES string of the molecule is CCCc1cc(=O)n2[nH]c(C3CC(F)(F)C3)nc2c1. The van der Waals surface area contributed by atoms with Gasteiger partial charge >= 0.3 is 0 Å². The molecule has 2 aromatic rings. The summed E-state index contributed by atoms with van der Waals surface area (Å²) in [6.07, 6.45) is 1.38. The number of rotatable bonds is 3. The van der Waals surface area contributed by atoms with Crippen LogP contribution < -0.4 is 5.56 Å². The summed E-state index contributed by atoms with van der Waals surface area (Å²) in [6.45, 7) is 2.04. The molecule has 0 aromatic carbocycles. The number of halogens is 2. The van der Waals surface area contributed by atoms with Crippen LogP contribution in [0.2, 0.25) is 0 Å². The second kappa shape index (κ2) is 4.15. The Morgan fingerprint density at radius 3 is 2.84 bits per heavy atom. The van der Waals surface area contributed by atoms with E-state index in [1.165, 1.54) is 4.52 Å². The van der Waals surface area contributed by atoms with Gasteiger partial charge < -0.3 is 0 Å². The molecule has 0 atom stereocenters. The van der Waals surface area contributed by atoms with Gasteiger partial charge in [-0.05, 0) is 18.1 Å². The molecular weight excluding hydrogens is 252 g/mol. The number of aromatic amines is 1. The molecule has 1 aliphatic carbocycles. The predicted molar refractivity (Wildman–Crippen MR) is 66.7 cm³/mol. The van der Waals surface area contributed by atoms with Gasteiger partial charge in [0, 0.05) is 24.8 Å². The normalized spacial score (nSPS) is 18.7. The third kappa shape index (κ3) is 2.15. The molecule has 1 fully saturated rings. The molecule has 2 aromatic heterocycles. The van der Waals surface area contributed by atoms with Crippen LogP contribution in [0.25, 0.3) is 5.65 Å². The maximum atomic E-state index is 12.9. The summed E-state index contributed by atoms with van der Waals surface area (Å²) in [6, 6.07) is 3.40. The number of fused-ring (bicyclic) bond motifs is 1. The van der Waals surface area contributed by atoms with Crippen LogP contribution >= 0.6 is 0 Å². The summed E-state index contributed by atoms with van der Waals surface area (Å²) in [4.78, 5) is 16.2. The fourth-order valence-electron chi connectivity index (χ4n) is 2.54. The van der Waals surface area contributed by atoms with Crippen LogP contribution in [0, 0.1) is 0 Å². The van der Waals surface area contributed by atoms with Crippen LogP contribution in [-0.4, -0.2) is 20.5 Å². The fraction of sp³-hybridized carbons (Fsp3) is 0.538. The van der Waals surface area contributed by atoms with Crippen LogP contribution in [0.5, 0.6) is 0 Å². The van der Waals surface area contributed by atoms with E-state index in [2.05, 4.69) is 10.1 Å². The predicted octanol–water partition coefficient (Wildman–Crippen LogP) is 2.49. The van der Waals surface area contributed by atoms with Gasteiger partial charge in [0.25, 0.3) is 5.56 Å². The summed E-state index contributed by atoms with van der Waals surface area (Å²) in [7, 11) is 0. The molecule has 6 heteroatoms. The van der Waals surface area contributed by atoms with E-state index >= 15 is 0 Å². The Balaban J connectivity index is 1.97. The van der Waals surface area contributed by atoms with Crippen molar-refractivity contribution in [3.63, 3.8) is 0 Å². The Bertz CT molecular complexity index is 666. The lowest BCUT2D eigenvalue weighted by Crippen LogP contribution is -2.34. The van der Waals surface area contributed by atoms with Gasteiger partial charge in [-0.25, -0.2) is 18.3 Å². The zero-order chi connectivity index (χ0) is 13.6. The molecule has 0 amide bonds. The lowest BCUT2D eigenvalue weighted by Gasteiger charge is -2.33. The third-order valence-corrected chi connectivity index (χ3v) is 3.55. The minimum atomic E-state index is -2.58. The lowest BCUT2D eigenvalue weighted by atomic mass is 9.81. The average molecular weight is 267 g/mol. The molecule has 4 nitrogen and oxygen atoms in total. The first-order valence-electron chi connectivity index (χ1n) is 6.48. The second-order valence-corrected chi connectivity index (χ2v) is 5.22. The van der Waals surface area contributed by atoms with E-state index in [4.69, 9.17) is 0 Å². The van der Waals surface area contributed by atoms with Crippen molar-refractivity contribution in [1.29, 1.82) is 0 Å². The molecule has 19 heavy (non-hydrogen) atoms. The zero-order valence-electron chi connectivity index (χ0n) is 10.6. The third-order valence-electron chi connectivity index (χ3n) is 3.55. The molecule has 3 rings (SSSR count). The van der Waals surface area contributed by atoms with E-state index in [0.717, 1.165) is 18.4 Å². The van der Waals surface area contributed by atoms with Crippen molar-refractivity contribution >= 4 is 5.65 Å². The number of aryl methyl sites for hydroxylation is 1. The highest BCUT2D eigenvalue weighted by Gasteiger charge is 2.47. The van der Waals surface area contributed by atoms with Crippen molar-refractivity contribution < 1.29 is 8.78 Å². The van der Waals surface area contributed by atoms with E-state index in [0.29, 0.717) is 11.5 Å². The minimum absolute atomic E-state index is 0.189. The number of H-pyrrole nitrogens is 1. The molecule has 1 N–H and O–H groups in total. The Hall–Kier alpha value is -1.72. The quantitative estimate of drug-likeness (QED) is 0.928. The highest BCUT2D eigenvalue weighted by molar-refractivity contribution is 5.41. The Morgan fingerprint density at radius 2 is 2.21 bits per heavy atom. The number of hydrogen-bond donors (Lipinski definition) is 1. The first-order valence-corrected chi connectivity index (χ1v) is 6.48. The molecule has 0 saturated heterocycles. The van der Waals surface area contributed by atoms with Crippen molar-refractivity contribution in [3.05, 3.63) is 33.9 Å². The van der Waals surface area contributed by atoms with E-state index in [9.17, 15) is 13.6 Å². The fourth-order valence-corrected chi connectivity index (χ4v) is 2.54. The number of alkyl halides is 2. The Morgan fingerprint density at radius 1 is 1.47 bits per heavy atom. The van der Waals surface area contributed by atoms with Gasteiger partial charge in [-0.2, -0.15) is 0 Å². The minimum Gasteiger partial charge on any atom is -0.276 e. The van der Waals surface area contributed by atoms with E-state index in [-0.39, 0.29) is 24.3 Å². The van der Waals surface area contributed by atoms with E-state index < -0.39 is 5.92 Å². The lowest BCUT2D eigenvalue weighted by molar-refractivity contribution is -0.0884. The zero-order valence-corrected chi connectivity index (χ0v) is 10.6. The van der Waals surface area contributed by atoms with Crippen LogP contribution in [-0.2, 0) is 6.42 Å². The van der Waals surface area contributed by atoms with Crippen molar-refractivity contribution in [2.24, 2.45) is 0 Å². The van der Waals surface area contributed by atoms with Gasteiger partial charge in [-0.3, -0.25) is 9.89 Å². The molecule has 0 aliphatic heterocycles. The summed E-state index contributed by atoms with van der Waals surface area (Å²) < 4.78 is 27.1. The van der Waals surface area contributed by atoms with Gasteiger partial charge in [0.05, 0.1) is 0 Å². The maximum Gasteiger partial charge on any atom is 0.271 e. The Labute approximate surface area is 108 Å². The molecule has 0 radical (unpaired) electrons. The van der Waals surface area contributed by atoms with E-state index in [1.54, 1.807) is 6.07 Å². The van der Waals surface area contributed by atoms with Crippen molar-refractivity contribution in [2.45, 2.75) is 44.4 Å². The van der Waals surface area contributed by atoms with Gasteiger partial charge in [0.1, 0.15) is 5.82 Å². The number of aromatic nitrogens is 3. The molecule has 1 saturated carbocycles. The molecule has 0 unspecified atom stereocenters. The molecular formula is C13H15F2N3O. The topological polar surface area (TPSA) is 50.2 Å². The summed E-state index contributed by atoms with van der Waals surface area (Å²) in [5.41, 5.74) is 1.26. The summed E-state index contributed by atoms with van der Waals surface area (Å²) in [5, 5.41) is 2.83. The Kier molecular flexibility index (Phi) is 2.69. The van der Waals surface area contributed by atoms with Crippen LogP contribution in [0.1, 0.15) is 43.5 Å². The molecule has 0 bridgehead atoms. The number of nitrogens with zero attached hydrogens (tertiary/aromatic N) is 2. The summed E-state index contributed by atoms with van der Waals surface area (Å²) in [5.74, 6) is -2.37. The molecule has 0 spiro atoms. The highest BCUT2D eigenvalue weighted by atomic mass is 19.3. The molecule has 2 heterocycles. The molecule has 1 aliphatic rings. The smallest absolute Gasteiger partial charge is 0.271 e. The largest absolute Gasteiger partial charge is 0.276 e. The number of pyridine rings is 1. The van der Waals surface area contributed by atoms with Gasteiger partial charge in [0.2, 0.25) is 5.92 Å². The first-order chi connectivity index (χ1) is 8.98.